The van der Waals surface area contributed by atoms with Crippen molar-refractivity contribution in [1.82, 2.24) is 0 Å². The van der Waals surface area contributed by atoms with Crippen molar-refractivity contribution in [2.75, 3.05) is 13.2 Å². The molecule has 3 nitrogen and oxygen atoms in total. The second kappa shape index (κ2) is 7.07. The van der Waals surface area contributed by atoms with E-state index in [4.69, 9.17) is 21.1 Å². The number of carbonyl (C=O) groups is 1. The van der Waals surface area contributed by atoms with Gasteiger partial charge in [-0.05, 0) is 39.0 Å². The Kier molecular flexibility index (Phi) is 5.72. The zero-order valence-corrected chi connectivity index (χ0v) is 11.6. The highest BCUT2D eigenvalue weighted by Crippen LogP contribution is 2.36. The van der Waals surface area contributed by atoms with Crippen molar-refractivity contribution in [3.05, 3.63) is 34.4 Å². The van der Waals surface area contributed by atoms with Crippen LogP contribution in [0.25, 0.3) is 0 Å². The Morgan fingerprint density at radius 3 is 2.61 bits per heavy atom. The lowest BCUT2D eigenvalue weighted by atomic mass is 10.2. The van der Waals surface area contributed by atoms with Gasteiger partial charge in [0.25, 0.3) is 0 Å². The van der Waals surface area contributed by atoms with Crippen LogP contribution in [0.2, 0.25) is 5.02 Å². The Bertz CT molecular complexity index is 449. The molecule has 0 fully saturated rings. The zero-order chi connectivity index (χ0) is 13.5. The maximum Gasteiger partial charge on any atom is 0.180 e. The van der Waals surface area contributed by atoms with Crippen LogP contribution in [0.4, 0.5) is 0 Å². The number of hydrogen-bond acceptors (Lipinski definition) is 3. The molecule has 0 N–H and O–H groups in total. The molecule has 0 aliphatic rings. The number of hydrogen-bond donors (Lipinski definition) is 0. The van der Waals surface area contributed by atoms with Gasteiger partial charge >= 0.3 is 0 Å². The molecule has 0 radical (unpaired) electrons. The lowest BCUT2D eigenvalue weighted by Gasteiger charge is -2.13. The van der Waals surface area contributed by atoms with Gasteiger partial charge in [-0.2, -0.15) is 0 Å². The number of halogens is 1. The molecule has 0 unspecified atom stereocenters. The van der Waals surface area contributed by atoms with Gasteiger partial charge in [0.15, 0.2) is 11.5 Å². The Morgan fingerprint density at radius 1 is 1.33 bits per heavy atom. The van der Waals surface area contributed by atoms with E-state index in [1.807, 2.05) is 26.8 Å². The quantitative estimate of drug-likeness (QED) is 0.580. The first-order valence-electron chi connectivity index (χ1n) is 5.76. The second-order valence-electron chi connectivity index (χ2n) is 3.97. The Labute approximate surface area is 112 Å². The number of allylic oxidation sites excluding steroid dienone is 1. The maximum atomic E-state index is 10.8. The van der Waals surface area contributed by atoms with E-state index in [-0.39, 0.29) is 0 Å². The van der Waals surface area contributed by atoms with Crippen LogP contribution >= 0.6 is 11.6 Å². The molecule has 0 saturated carbocycles. The van der Waals surface area contributed by atoms with E-state index in [0.717, 1.165) is 11.9 Å². The van der Waals surface area contributed by atoms with Gasteiger partial charge < -0.3 is 9.47 Å². The summed E-state index contributed by atoms with van der Waals surface area (Å²) in [5.41, 5.74) is 1.63. The SMILES string of the molecule is CCOc1cc(C=O)cc(Cl)c1OCC=C(C)C. The lowest BCUT2D eigenvalue weighted by Crippen LogP contribution is -2.01. The molecule has 98 valence electrons. The standard InChI is InChI=1S/C14H17ClO3/c1-4-17-13-8-11(9-16)7-12(15)14(13)18-6-5-10(2)3/h5,7-9H,4,6H2,1-3H3. The third kappa shape index (κ3) is 4.08. The normalized spacial score (nSPS) is 9.78. The monoisotopic (exact) mass is 268 g/mol. The van der Waals surface area contributed by atoms with Crippen molar-refractivity contribution >= 4 is 17.9 Å². The van der Waals surface area contributed by atoms with Gasteiger partial charge in [-0.15, -0.1) is 0 Å². The lowest BCUT2D eigenvalue weighted by molar-refractivity contribution is 0.112. The topological polar surface area (TPSA) is 35.5 Å². The first kappa shape index (κ1) is 14.6. The number of rotatable bonds is 6. The second-order valence-corrected chi connectivity index (χ2v) is 4.38. The van der Waals surface area contributed by atoms with E-state index in [2.05, 4.69) is 0 Å². The van der Waals surface area contributed by atoms with Crippen molar-refractivity contribution in [1.29, 1.82) is 0 Å². The van der Waals surface area contributed by atoms with Crippen molar-refractivity contribution in [2.45, 2.75) is 20.8 Å². The Morgan fingerprint density at radius 2 is 2.06 bits per heavy atom. The van der Waals surface area contributed by atoms with Crippen molar-refractivity contribution < 1.29 is 14.3 Å². The van der Waals surface area contributed by atoms with Crippen LogP contribution in [0.1, 0.15) is 31.1 Å². The van der Waals surface area contributed by atoms with E-state index < -0.39 is 0 Å². The van der Waals surface area contributed by atoms with Crippen LogP contribution in [0.15, 0.2) is 23.8 Å². The zero-order valence-electron chi connectivity index (χ0n) is 10.8. The summed E-state index contributed by atoms with van der Waals surface area (Å²) < 4.78 is 11.0. The number of carbonyl (C=O) groups excluding carboxylic acids is 1. The molecule has 4 heteroatoms. The average molecular weight is 269 g/mol. The number of aldehydes is 1. The van der Waals surface area contributed by atoms with Crippen molar-refractivity contribution in [3.63, 3.8) is 0 Å². The third-order valence-electron chi connectivity index (χ3n) is 2.19. The van der Waals surface area contributed by atoms with Gasteiger partial charge in [-0.25, -0.2) is 0 Å². The fraction of sp³-hybridized carbons (Fsp3) is 0.357. The minimum Gasteiger partial charge on any atom is -0.490 e. The largest absolute Gasteiger partial charge is 0.490 e. The van der Waals surface area contributed by atoms with Crippen LogP contribution in [-0.4, -0.2) is 19.5 Å². The summed E-state index contributed by atoms with van der Waals surface area (Å²) in [6.45, 7) is 6.75. The number of benzene rings is 1. The minimum atomic E-state index is 0.380. The molecule has 0 amide bonds. The van der Waals surface area contributed by atoms with E-state index in [0.29, 0.717) is 35.3 Å². The molecule has 0 spiro atoms. The van der Waals surface area contributed by atoms with Crippen LogP contribution in [-0.2, 0) is 0 Å². The molecule has 1 aromatic carbocycles. The van der Waals surface area contributed by atoms with E-state index in [9.17, 15) is 4.79 Å². The van der Waals surface area contributed by atoms with Gasteiger partial charge in [0.05, 0.1) is 11.6 Å². The van der Waals surface area contributed by atoms with Crippen LogP contribution in [0.3, 0.4) is 0 Å². The summed E-state index contributed by atoms with van der Waals surface area (Å²) in [5.74, 6) is 0.968. The molecule has 0 aromatic heterocycles. The summed E-state index contributed by atoms with van der Waals surface area (Å²) in [4.78, 5) is 10.8. The fourth-order valence-electron chi connectivity index (χ4n) is 1.35. The van der Waals surface area contributed by atoms with Crippen molar-refractivity contribution in [3.8, 4) is 11.5 Å². The van der Waals surface area contributed by atoms with Crippen molar-refractivity contribution in [2.24, 2.45) is 0 Å². The molecule has 1 aromatic rings. The van der Waals surface area contributed by atoms with E-state index >= 15 is 0 Å². The van der Waals surface area contributed by atoms with Gasteiger partial charge in [0.2, 0.25) is 0 Å². The summed E-state index contributed by atoms with van der Waals surface area (Å²) >= 11 is 6.08. The molecule has 0 atom stereocenters. The van der Waals surface area contributed by atoms with E-state index in [1.54, 1.807) is 12.1 Å². The Balaban J connectivity index is 3.00. The number of ether oxygens (including phenoxy) is 2. The summed E-state index contributed by atoms with van der Waals surface area (Å²) in [6.07, 6.45) is 2.67. The molecule has 18 heavy (non-hydrogen) atoms. The molecule has 0 aliphatic heterocycles. The summed E-state index contributed by atoms with van der Waals surface area (Å²) in [7, 11) is 0. The van der Waals surface area contributed by atoms with E-state index in [1.165, 1.54) is 0 Å². The molecule has 0 bridgehead atoms. The highest BCUT2D eigenvalue weighted by molar-refractivity contribution is 6.32. The first-order chi connectivity index (χ1) is 8.58. The van der Waals surface area contributed by atoms with Gasteiger partial charge in [-0.3, -0.25) is 4.79 Å². The molecular formula is C14H17ClO3. The predicted octanol–water partition coefficient (Wildman–Crippen LogP) is 3.90. The molecule has 0 heterocycles. The van der Waals surface area contributed by atoms with Gasteiger partial charge in [-0.1, -0.05) is 17.2 Å². The molecule has 0 saturated heterocycles. The molecule has 0 aliphatic carbocycles. The highest BCUT2D eigenvalue weighted by atomic mass is 35.5. The van der Waals surface area contributed by atoms with Crippen LogP contribution < -0.4 is 9.47 Å². The fourth-order valence-corrected chi connectivity index (χ4v) is 1.62. The first-order valence-corrected chi connectivity index (χ1v) is 6.14. The summed E-state index contributed by atoms with van der Waals surface area (Å²) in [6, 6.07) is 3.19. The predicted molar refractivity (Wildman–Crippen MR) is 72.9 cm³/mol. The van der Waals surface area contributed by atoms with Gasteiger partial charge in [0.1, 0.15) is 12.9 Å². The minimum absolute atomic E-state index is 0.380. The van der Waals surface area contributed by atoms with Gasteiger partial charge in [0, 0.05) is 5.56 Å². The average Bonchev–Trinajstić information content (AvgIpc) is 2.32. The molecule has 1 rings (SSSR count). The molecular weight excluding hydrogens is 252 g/mol. The summed E-state index contributed by atoms with van der Waals surface area (Å²) in [5, 5.41) is 0.380. The smallest absolute Gasteiger partial charge is 0.180 e. The third-order valence-corrected chi connectivity index (χ3v) is 2.47. The van der Waals surface area contributed by atoms with Crippen LogP contribution in [0.5, 0.6) is 11.5 Å². The Hall–Kier alpha value is -1.48. The highest BCUT2D eigenvalue weighted by Gasteiger charge is 2.11. The van der Waals surface area contributed by atoms with Crippen LogP contribution in [0, 0.1) is 0 Å². The maximum absolute atomic E-state index is 10.8.